The summed E-state index contributed by atoms with van der Waals surface area (Å²) in [5.74, 6) is 0.272. The highest BCUT2D eigenvalue weighted by atomic mass is 32.2. The monoisotopic (exact) mass is 271 g/mol. The maximum atomic E-state index is 10.1. The molecule has 96 valence electrons. The fourth-order valence-corrected chi connectivity index (χ4v) is 2.15. The third-order valence-corrected chi connectivity index (χ3v) is 3.37. The number of amidine groups is 1. The second kappa shape index (κ2) is 5.63. The molecule has 0 aliphatic heterocycles. The average molecular weight is 271 g/mol. The zero-order chi connectivity index (χ0) is 13.8. The van der Waals surface area contributed by atoms with E-state index in [1.54, 1.807) is 0 Å². The molecule has 0 fully saturated rings. The second-order valence-electron chi connectivity index (χ2n) is 3.96. The van der Waals surface area contributed by atoms with Gasteiger partial charge in [-0.15, -0.1) is 0 Å². The van der Waals surface area contributed by atoms with E-state index < -0.39 is 0 Å². The third kappa shape index (κ3) is 2.64. The zero-order valence-electron chi connectivity index (χ0n) is 10.6. The Hall–Kier alpha value is -2.19. The Morgan fingerprint density at radius 1 is 1.32 bits per heavy atom. The second-order valence-corrected chi connectivity index (χ2v) is 4.76. The number of phenolic OH excluding ortho intramolecular Hbond substituents is 1. The highest BCUT2D eigenvalue weighted by Crippen LogP contribution is 2.34. The first-order chi connectivity index (χ1) is 9.17. The van der Waals surface area contributed by atoms with Crippen LogP contribution in [0.3, 0.4) is 0 Å². The van der Waals surface area contributed by atoms with Gasteiger partial charge in [-0.2, -0.15) is 5.26 Å². The smallest absolute Gasteiger partial charge is 0.183 e. The summed E-state index contributed by atoms with van der Waals surface area (Å²) in [5, 5.41) is 23.4. The van der Waals surface area contributed by atoms with Crippen molar-refractivity contribution >= 4 is 33.4 Å². The molecule has 0 atom stereocenters. The zero-order valence-corrected chi connectivity index (χ0v) is 11.5. The Kier molecular flexibility index (Phi) is 3.93. The molecule has 0 radical (unpaired) electrons. The van der Waals surface area contributed by atoms with Gasteiger partial charge in [0.1, 0.15) is 5.75 Å². The SMILES string of the molecule is CSC(=Nc1cccc2c(O)c(C)ccc12)NC#N. The predicted molar refractivity (Wildman–Crippen MR) is 79.7 cm³/mol. The van der Waals surface area contributed by atoms with Gasteiger partial charge in [0.2, 0.25) is 0 Å². The van der Waals surface area contributed by atoms with Crippen molar-refractivity contribution in [2.24, 2.45) is 4.99 Å². The molecule has 2 N–H and O–H groups in total. The van der Waals surface area contributed by atoms with Gasteiger partial charge in [0.25, 0.3) is 0 Å². The van der Waals surface area contributed by atoms with Crippen molar-refractivity contribution in [1.29, 1.82) is 5.26 Å². The van der Waals surface area contributed by atoms with E-state index in [0.717, 1.165) is 22.0 Å². The Bertz CT molecular complexity index is 689. The highest BCUT2D eigenvalue weighted by molar-refractivity contribution is 8.13. The molecule has 0 aliphatic carbocycles. The minimum atomic E-state index is 0.272. The number of aliphatic imine (C=N–C) groups is 1. The Balaban J connectivity index is 2.63. The Morgan fingerprint density at radius 2 is 2.11 bits per heavy atom. The number of benzene rings is 2. The summed E-state index contributed by atoms with van der Waals surface area (Å²) in [6.07, 6.45) is 3.70. The number of aromatic hydroxyl groups is 1. The minimum Gasteiger partial charge on any atom is -0.507 e. The van der Waals surface area contributed by atoms with Crippen LogP contribution in [0, 0.1) is 18.4 Å². The molecule has 5 heteroatoms. The molecule has 0 saturated heterocycles. The van der Waals surface area contributed by atoms with Crippen molar-refractivity contribution in [3.8, 4) is 11.9 Å². The summed E-state index contributed by atoms with van der Waals surface area (Å²) in [7, 11) is 0. The summed E-state index contributed by atoms with van der Waals surface area (Å²) in [4.78, 5) is 4.40. The maximum absolute atomic E-state index is 10.1. The predicted octanol–water partition coefficient (Wildman–Crippen LogP) is 3.28. The number of thioether (sulfide) groups is 1. The number of hydrogen-bond acceptors (Lipinski definition) is 4. The molecular weight excluding hydrogens is 258 g/mol. The number of hydrogen-bond donors (Lipinski definition) is 2. The number of fused-ring (bicyclic) bond motifs is 1. The quantitative estimate of drug-likeness (QED) is 0.361. The molecule has 0 bridgehead atoms. The number of phenols is 1. The summed E-state index contributed by atoms with van der Waals surface area (Å²) in [6, 6.07) is 9.32. The number of rotatable bonds is 1. The molecule has 0 spiro atoms. The molecule has 2 rings (SSSR count). The van der Waals surface area contributed by atoms with E-state index in [9.17, 15) is 5.11 Å². The van der Waals surface area contributed by atoms with E-state index in [4.69, 9.17) is 5.26 Å². The molecule has 0 saturated carbocycles. The van der Waals surface area contributed by atoms with Gasteiger partial charge in [0.15, 0.2) is 11.4 Å². The molecule has 4 nitrogen and oxygen atoms in total. The number of aryl methyl sites for hydroxylation is 1. The average Bonchev–Trinajstić information content (AvgIpc) is 2.43. The lowest BCUT2D eigenvalue weighted by molar-refractivity contribution is 0.477. The van der Waals surface area contributed by atoms with Gasteiger partial charge in [-0.3, -0.25) is 5.32 Å². The Labute approximate surface area is 115 Å². The van der Waals surface area contributed by atoms with Gasteiger partial charge < -0.3 is 5.11 Å². The summed E-state index contributed by atoms with van der Waals surface area (Å²) in [6.45, 7) is 1.86. The van der Waals surface area contributed by atoms with Crippen LogP contribution in [0.15, 0.2) is 35.3 Å². The first kappa shape index (κ1) is 13.2. The standard InChI is InChI=1S/C14H13N3OS/c1-9-6-7-10-11(13(9)18)4-3-5-12(10)17-14(19-2)16-8-15/h3-7,18H,1-2H3,(H,16,17). The first-order valence-electron chi connectivity index (χ1n) is 5.66. The van der Waals surface area contributed by atoms with Crippen molar-refractivity contribution in [3.05, 3.63) is 35.9 Å². The van der Waals surface area contributed by atoms with E-state index >= 15 is 0 Å². The van der Waals surface area contributed by atoms with Crippen LogP contribution < -0.4 is 5.32 Å². The summed E-state index contributed by atoms with van der Waals surface area (Å²) >= 11 is 1.36. The maximum Gasteiger partial charge on any atom is 0.183 e. The van der Waals surface area contributed by atoms with Crippen LogP contribution in [0.2, 0.25) is 0 Å². The van der Waals surface area contributed by atoms with E-state index in [1.807, 2.05) is 49.7 Å². The Morgan fingerprint density at radius 3 is 2.79 bits per heavy atom. The normalized spacial score (nSPS) is 11.3. The fourth-order valence-electron chi connectivity index (χ4n) is 1.81. The van der Waals surface area contributed by atoms with Crippen LogP contribution in [-0.4, -0.2) is 16.5 Å². The van der Waals surface area contributed by atoms with E-state index in [-0.39, 0.29) is 5.75 Å². The summed E-state index contributed by atoms with van der Waals surface area (Å²) < 4.78 is 0. The molecule has 0 heterocycles. The van der Waals surface area contributed by atoms with Crippen LogP contribution >= 0.6 is 11.8 Å². The number of nitriles is 1. The molecule has 2 aromatic rings. The molecule has 0 aliphatic rings. The lowest BCUT2D eigenvalue weighted by Gasteiger charge is -2.07. The third-order valence-electron chi connectivity index (χ3n) is 2.79. The van der Waals surface area contributed by atoms with Gasteiger partial charge >= 0.3 is 0 Å². The van der Waals surface area contributed by atoms with Crippen LogP contribution in [-0.2, 0) is 0 Å². The van der Waals surface area contributed by atoms with Crippen LogP contribution in [0.5, 0.6) is 5.75 Å². The molecule has 0 amide bonds. The first-order valence-corrected chi connectivity index (χ1v) is 6.89. The molecule has 19 heavy (non-hydrogen) atoms. The van der Waals surface area contributed by atoms with Crippen molar-refractivity contribution in [2.75, 3.05) is 6.26 Å². The molecular formula is C14H13N3OS. The van der Waals surface area contributed by atoms with Crippen LogP contribution in [0.1, 0.15) is 5.56 Å². The van der Waals surface area contributed by atoms with Crippen LogP contribution in [0.25, 0.3) is 10.8 Å². The lowest BCUT2D eigenvalue weighted by atomic mass is 10.0. The molecule has 0 aromatic heterocycles. The van der Waals surface area contributed by atoms with Gasteiger partial charge in [-0.1, -0.05) is 36.0 Å². The van der Waals surface area contributed by atoms with Gasteiger partial charge in [0, 0.05) is 10.8 Å². The van der Waals surface area contributed by atoms with E-state index in [1.165, 1.54) is 11.8 Å². The summed E-state index contributed by atoms with van der Waals surface area (Å²) in [5.41, 5.74) is 1.55. The largest absolute Gasteiger partial charge is 0.507 e. The highest BCUT2D eigenvalue weighted by Gasteiger charge is 2.07. The van der Waals surface area contributed by atoms with Crippen molar-refractivity contribution in [2.45, 2.75) is 6.92 Å². The van der Waals surface area contributed by atoms with Crippen molar-refractivity contribution < 1.29 is 5.11 Å². The molecule has 2 aromatic carbocycles. The minimum absolute atomic E-state index is 0.272. The van der Waals surface area contributed by atoms with Crippen molar-refractivity contribution in [1.82, 2.24) is 5.32 Å². The van der Waals surface area contributed by atoms with Gasteiger partial charge in [-0.05, 0) is 24.8 Å². The molecule has 0 unspecified atom stereocenters. The number of nitrogens with one attached hydrogen (secondary N) is 1. The fraction of sp³-hybridized carbons (Fsp3) is 0.143. The lowest BCUT2D eigenvalue weighted by Crippen LogP contribution is -2.12. The van der Waals surface area contributed by atoms with Gasteiger partial charge in [0.05, 0.1) is 5.69 Å². The number of nitrogens with zero attached hydrogens (tertiary/aromatic N) is 2. The van der Waals surface area contributed by atoms with E-state index in [0.29, 0.717) is 5.17 Å². The topological polar surface area (TPSA) is 68.4 Å². The van der Waals surface area contributed by atoms with Crippen LogP contribution in [0.4, 0.5) is 5.69 Å². The van der Waals surface area contributed by atoms with Crippen molar-refractivity contribution in [3.63, 3.8) is 0 Å². The van der Waals surface area contributed by atoms with Gasteiger partial charge in [-0.25, -0.2) is 4.99 Å². The van der Waals surface area contributed by atoms with E-state index in [2.05, 4.69) is 10.3 Å².